The highest BCUT2D eigenvalue weighted by Crippen LogP contribution is 2.32. The number of benzene rings is 2. The Balaban J connectivity index is 1.92. The second-order valence-electron chi connectivity index (χ2n) is 8.65. The zero-order valence-electron chi connectivity index (χ0n) is 21.7. The van der Waals surface area contributed by atoms with Crippen molar-refractivity contribution in [2.75, 3.05) is 20.8 Å². The Morgan fingerprint density at radius 1 is 1.11 bits per heavy atom. The summed E-state index contributed by atoms with van der Waals surface area (Å²) in [6.07, 6.45) is 1.78. The van der Waals surface area contributed by atoms with E-state index in [2.05, 4.69) is 4.99 Å². The van der Waals surface area contributed by atoms with Crippen molar-refractivity contribution in [3.05, 3.63) is 84.5 Å². The lowest BCUT2D eigenvalue weighted by atomic mass is 9.96. The lowest BCUT2D eigenvalue weighted by Gasteiger charge is -2.25. The number of methoxy groups -OCH3 is 2. The van der Waals surface area contributed by atoms with E-state index in [0.717, 1.165) is 5.56 Å². The van der Waals surface area contributed by atoms with Crippen LogP contribution >= 0.6 is 11.3 Å². The van der Waals surface area contributed by atoms with E-state index in [4.69, 9.17) is 18.9 Å². The first-order valence-electron chi connectivity index (χ1n) is 12.0. The molecule has 0 saturated heterocycles. The zero-order chi connectivity index (χ0) is 26.7. The Bertz CT molecular complexity index is 1520. The number of thiazole rings is 1. The van der Waals surface area contributed by atoms with E-state index in [9.17, 15) is 9.59 Å². The van der Waals surface area contributed by atoms with Crippen molar-refractivity contribution >= 4 is 23.4 Å². The number of aromatic nitrogens is 1. The molecule has 1 aromatic heterocycles. The van der Waals surface area contributed by atoms with Crippen molar-refractivity contribution in [2.45, 2.75) is 39.8 Å². The van der Waals surface area contributed by atoms with Gasteiger partial charge in [0.1, 0.15) is 17.2 Å². The SMILES string of the molecule is CCOC(=O)C1=C(C)N=c2s/c(=C\c3cc(OC)ccc3OC)c(=O)n2[C@H]1c1ccc(OC(C)C)cc1. The molecule has 2 heterocycles. The summed E-state index contributed by atoms with van der Waals surface area (Å²) in [5, 5.41) is 0. The predicted molar refractivity (Wildman–Crippen MR) is 142 cm³/mol. The highest BCUT2D eigenvalue weighted by molar-refractivity contribution is 7.07. The molecule has 1 aliphatic rings. The van der Waals surface area contributed by atoms with Gasteiger partial charge in [0.2, 0.25) is 0 Å². The molecule has 0 bridgehead atoms. The van der Waals surface area contributed by atoms with Gasteiger partial charge in [-0.05, 0) is 69.7 Å². The van der Waals surface area contributed by atoms with Gasteiger partial charge in [0, 0.05) is 5.56 Å². The second-order valence-corrected chi connectivity index (χ2v) is 9.65. The van der Waals surface area contributed by atoms with Gasteiger partial charge in [0.25, 0.3) is 5.56 Å². The average Bonchev–Trinajstić information content (AvgIpc) is 3.17. The van der Waals surface area contributed by atoms with Gasteiger partial charge >= 0.3 is 5.97 Å². The summed E-state index contributed by atoms with van der Waals surface area (Å²) in [5.74, 6) is 1.45. The molecule has 4 rings (SSSR count). The van der Waals surface area contributed by atoms with Crippen LogP contribution in [0, 0.1) is 0 Å². The Morgan fingerprint density at radius 3 is 2.43 bits per heavy atom. The molecule has 0 amide bonds. The van der Waals surface area contributed by atoms with Gasteiger partial charge in [-0.3, -0.25) is 9.36 Å². The third-order valence-electron chi connectivity index (χ3n) is 5.81. The van der Waals surface area contributed by atoms with Crippen LogP contribution < -0.4 is 29.1 Å². The standard InChI is InChI=1S/C28H30N2O6S/c1-7-35-27(32)24-17(4)29-28-30(25(24)18-8-10-20(11-9-18)36-16(2)3)26(31)23(37-28)15-19-14-21(33-5)12-13-22(19)34-6/h8-16,25H,7H2,1-6H3/b23-15-/t25-/m0/s1. The zero-order valence-corrected chi connectivity index (χ0v) is 22.5. The summed E-state index contributed by atoms with van der Waals surface area (Å²) < 4.78 is 24.0. The highest BCUT2D eigenvalue weighted by Gasteiger charge is 2.33. The van der Waals surface area contributed by atoms with Crippen LogP contribution in [0.3, 0.4) is 0 Å². The molecule has 0 spiro atoms. The topological polar surface area (TPSA) is 88.4 Å². The van der Waals surface area contributed by atoms with Gasteiger partial charge in [-0.25, -0.2) is 9.79 Å². The Hall–Kier alpha value is -3.85. The van der Waals surface area contributed by atoms with Crippen LogP contribution in [0.25, 0.3) is 6.08 Å². The predicted octanol–water partition coefficient (Wildman–Crippen LogP) is 3.60. The van der Waals surface area contributed by atoms with Crippen LogP contribution in [0.2, 0.25) is 0 Å². The molecule has 0 aliphatic carbocycles. The van der Waals surface area contributed by atoms with Crippen LogP contribution in [0.1, 0.15) is 44.9 Å². The molecule has 1 atom stereocenters. The van der Waals surface area contributed by atoms with Crippen molar-refractivity contribution in [2.24, 2.45) is 4.99 Å². The van der Waals surface area contributed by atoms with Crippen molar-refractivity contribution < 1.29 is 23.7 Å². The number of carbonyl (C=O) groups is 1. The first-order valence-corrected chi connectivity index (χ1v) is 12.8. The summed E-state index contributed by atoms with van der Waals surface area (Å²) in [4.78, 5) is 32.0. The summed E-state index contributed by atoms with van der Waals surface area (Å²) in [6.45, 7) is 7.63. The maximum absolute atomic E-state index is 13.8. The third kappa shape index (κ3) is 5.32. The molecule has 0 fully saturated rings. The molecular weight excluding hydrogens is 492 g/mol. The third-order valence-corrected chi connectivity index (χ3v) is 6.79. The van der Waals surface area contributed by atoms with Crippen LogP contribution in [0.15, 0.2) is 63.5 Å². The van der Waals surface area contributed by atoms with Crippen molar-refractivity contribution in [3.8, 4) is 17.2 Å². The maximum Gasteiger partial charge on any atom is 0.338 e. The summed E-state index contributed by atoms with van der Waals surface area (Å²) >= 11 is 1.25. The monoisotopic (exact) mass is 522 g/mol. The number of allylic oxidation sites excluding steroid dienone is 1. The minimum absolute atomic E-state index is 0.0226. The number of carbonyl (C=O) groups excluding carboxylic acids is 1. The van der Waals surface area contributed by atoms with Crippen molar-refractivity contribution in [3.63, 3.8) is 0 Å². The van der Waals surface area contributed by atoms with E-state index in [1.165, 1.54) is 11.3 Å². The average molecular weight is 523 g/mol. The van der Waals surface area contributed by atoms with E-state index in [0.29, 0.717) is 43.4 Å². The van der Waals surface area contributed by atoms with Gasteiger partial charge in [-0.15, -0.1) is 0 Å². The van der Waals surface area contributed by atoms with Crippen LogP contribution in [0.4, 0.5) is 0 Å². The van der Waals surface area contributed by atoms with Gasteiger partial charge < -0.3 is 18.9 Å². The van der Waals surface area contributed by atoms with Gasteiger partial charge in [-0.2, -0.15) is 0 Å². The first kappa shape index (κ1) is 26.2. The van der Waals surface area contributed by atoms with Crippen molar-refractivity contribution in [1.82, 2.24) is 4.57 Å². The van der Waals surface area contributed by atoms with E-state index in [-0.39, 0.29) is 18.3 Å². The molecule has 2 aromatic carbocycles. The number of fused-ring (bicyclic) bond motifs is 1. The number of rotatable bonds is 8. The maximum atomic E-state index is 13.8. The van der Waals surface area contributed by atoms with E-state index in [1.54, 1.807) is 56.9 Å². The van der Waals surface area contributed by atoms with Crippen LogP contribution in [0.5, 0.6) is 17.2 Å². The molecule has 0 N–H and O–H groups in total. The van der Waals surface area contributed by atoms with Crippen LogP contribution in [-0.4, -0.2) is 37.5 Å². The largest absolute Gasteiger partial charge is 0.497 e. The lowest BCUT2D eigenvalue weighted by Crippen LogP contribution is -2.39. The number of hydrogen-bond donors (Lipinski definition) is 0. The Labute approximate surface area is 219 Å². The molecule has 1 aliphatic heterocycles. The van der Waals surface area contributed by atoms with E-state index < -0.39 is 12.0 Å². The number of hydrogen-bond acceptors (Lipinski definition) is 8. The molecule has 0 unspecified atom stereocenters. The van der Waals surface area contributed by atoms with Gasteiger partial charge in [0.05, 0.1) is 48.8 Å². The highest BCUT2D eigenvalue weighted by atomic mass is 32.1. The fraction of sp³-hybridized carbons (Fsp3) is 0.321. The number of ether oxygens (including phenoxy) is 4. The van der Waals surface area contributed by atoms with Gasteiger partial charge in [-0.1, -0.05) is 23.5 Å². The van der Waals surface area contributed by atoms with E-state index in [1.807, 2.05) is 38.1 Å². The first-order chi connectivity index (χ1) is 17.8. The Kier molecular flexibility index (Phi) is 7.83. The minimum atomic E-state index is -0.697. The minimum Gasteiger partial charge on any atom is -0.497 e. The number of esters is 1. The quantitative estimate of drug-likeness (QED) is 0.420. The molecule has 0 radical (unpaired) electrons. The molecule has 8 nitrogen and oxygen atoms in total. The fourth-order valence-electron chi connectivity index (χ4n) is 4.20. The summed E-state index contributed by atoms with van der Waals surface area (Å²) in [6, 6.07) is 12.1. The van der Waals surface area contributed by atoms with Gasteiger partial charge in [0.15, 0.2) is 4.80 Å². The molecule has 37 heavy (non-hydrogen) atoms. The molecule has 194 valence electrons. The normalized spacial score (nSPS) is 15.3. The van der Waals surface area contributed by atoms with E-state index >= 15 is 0 Å². The molecular formula is C28H30N2O6S. The molecule has 9 heteroatoms. The Morgan fingerprint density at radius 2 is 1.81 bits per heavy atom. The smallest absolute Gasteiger partial charge is 0.338 e. The fourth-order valence-corrected chi connectivity index (χ4v) is 5.24. The number of nitrogens with zero attached hydrogens (tertiary/aromatic N) is 2. The second kappa shape index (κ2) is 11.0. The summed E-state index contributed by atoms with van der Waals surface area (Å²) in [5.41, 5.74) is 2.02. The van der Waals surface area contributed by atoms with Crippen LogP contribution in [-0.2, 0) is 9.53 Å². The van der Waals surface area contributed by atoms with Crippen molar-refractivity contribution in [1.29, 1.82) is 0 Å². The summed E-state index contributed by atoms with van der Waals surface area (Å²) in [7, 11) is 3.15. The molecule has 3 aromatic rings. The molecule has 0 saturated carbocycles. The lowest BCUT2D eigenvalue weighted by molar-refractivity contribution is -0.139.